The van der Waals surface area contributed by atoms with Gasteiger partial charge >= 0.3 is 12.1 Å². The molecule has 1 aromatic carbocycles. The number of pyridine rings is 1. The minimum Gasteiger partial charge on any atom is -0.497 e. The van der Waals surface area contributed by atoms with Gasteiger partial charge in [0.25, 0.3) is 0 Å². The number of benzene rings is 1. The lowest BCUT2D eigenvalue weighted by atomic mass is 10.0. The van der Waals surface area contributed by atoms with Crippen LogP contribution in [0.4, 0.5) is 13.2 Å². The number of ether oxygens (including phenoxy) is 2. The number of esters is 1. The standard InChI is InChI=1S/C18H16F3NO3/c1-3-25-16(23)10-8-12-7-9-15(18(19,20)21)22-17(12)13-5-4-6-14(11-13)24-2/h4-11H,3H2,1-2H3/b10-8+. The monoisotopic (exact) mass is 351 g/mol. The Kier molecular flexibility index (Phi) is 5.80. The van der Waals surface area contributed by atoms with E-state index in [1.54, 1.807) is 31.2 Å². The molecule has 0 spiro atoms. The SMILES string of the molecule is CCOC(=O)/C=C/c1ccc(C(F)(F)F)nc1-c1cccc(OC)c1. The van der Waals surface area contributed by atoms with E-state index in [1.165, 1.54) is 19.3 Å². The second-order valence-electron chi connectivity index (χ2n) is 4.95. The summed E-state index contributed by atoms with van der Waals surface area (Å²) in [6.45, 7) is 1.87. The normalized spacial score (nSPS) is 11.6. The lowest BCUT2D eigenvalue weighted by Gasteiger charge is -2.11. The van der Waals surface area contributed by atoms with Gasteiger partial charge in [0.1, 0.15) is 11.4 Å². The maximum absolute atomic E-state index is 13.0. The number of carbonyl (C=O) groups excluding carboxylic acids is 1. The van der Waals surface area contributed by atoms with Crippen LogP contribution in [-0.2, 0) is 15.7 Å². The molecule has 2 rings (SSSR count). The van der Waals surface area contributed by atoms with Crippen molar-refractivity contribution in [2.45, 2.75) is 13.1 Å². The van der Waals surface area contributed by atoms with E-state index < -0.39 is 17.8 Å². The largest absolute Gasteiger partial charge is 0.497 e. The van der Waals surface area contributed by atoms with Gasteiger partial charge in [-0.3, -0.25) is 0 Å². The predicted molar refractivity (Wildman–Crippen MR) is 86.9 cm³/mol. The van der Waals surface area contributed by atoms with Crippen LogP contribution >= 0.6 is 0 Å². The Morgan fingerprint density at radius 3 is 2.64 bits per heavy atom. The molecule has 0 radical (unpaired) electrons. The minimum absolute atomic E-state index is 0.0919. The molecule has 0 aliphatic rings. The van der Waals surface area contributed by atoms with Gasteiger partial charge in [0, 0.05) is 17.2 Å². The van der Waals surface area contributed by atoms with Crippen LogP contribution in [0.25, 0.3) is 17.3 Å². The van der Waals surface area contributed by atoms with Crippen molar-refractivity contribution in [2.24, 2.45) is 0 Å². The highest BCUT2D eigenvalue weighted by Gasteiger charge is 2.33. The van der Waals surface area contributed by atoms with Crippen LogP contribution in [0, 0.1) is 0 Å². The van der Waals surface area contributed by atoms with Crippen molar-refractivity contribution in [1.29, 1.82) is 0 Å². The van der Waals surface area contributed by atoms with Gasteiger partial charge in [0.15, 0.2) is 0 Å². The highest BCUT2D eigenvalue weighted by Crippen LogP contribution is 2.32. The Morgan fingerprint density at radius 2 is 2.00 bits per heavy atom. The van der Waals surface area contributed by atoms with E-state index in [1.807, 2.05) is 0 Å². The molecule has 0 saturated carbocycles. The summed E-state index contributed by atoms with van der Waals surface area (Å²) in [7, 11) is 1.46. The summed E-state index contributed by atoms with van der Waals surface area (Å²) in [5.41, 5.74) is -0.129. The Labute approximate surface area is 142 Å². The molecule has 2 aromatic rings. The Balaban J connectivity index is 2.53. The summed E-state index contributed by atoms with van der Waals surface area (Å²) >= 11 is 0. The number of hydrogen-bond donors (Lipinski definition) is 0. The highest BCUT2D eigenvalue weighted by molar-refractivity contribution is 5.88. The topological polar surface area (TPSA) is 48.4 Å². The number of nitrogens with zero attached hydrogens (tertiary/aromatic N) is 1. The van der Waals surface area contributed by atoms with Crippen LogP contribution in [0.15, 0.2) is 42.5 Å². The van der Waals surface area contributed by atoms with Gasteiger partial charge in [0.2, 0.25) is 0 Å². The minimum atomic E-state index is -4.57. The van der Waals surface area contributed by atoms with E-state index in [0.29, 0.717) is 16.9 Å². The molecule has 1 aromatic heterocycles. The van der Waals surface area contributed by atoms with E-state index in [0.717, 1.165) is 12.1 Å². The van der Waals surface area contributed by atoms with Gasteiger partial charge in [-0.15, -0.1) is 0 Å². The molecule has 7 heteroatoms. The Morgan fingerprint density at radius 1 is 1.24 bits per heavy atom. The molecule has 0 N–H and O–H groups in total. The van der Waals surface area contributed by atoms with Crippen molar-refractivity contribution in [3.8, 4) is 17.0 Å². The van der Waals surface area contributed by atoms with Gasteiger partial charge in [-0.1, -0.05) is 18.2 Å². The summed E-state index contributed by atoms with van der Waals surface area (Å²) in [6, 6.07) is 8.64. The predicted octanol–water partition coefficient (Wildman–Crippen LogP) is 4.35. The molecule has 0 bridgehead atoms. The third-order valence-corrected chi connectivity index (χ3v) is 3.25. The number of rotatable bonds is 5. The second-order valence-corrected chi connectivity index (χ2v) is 4.95. The molecule has 0 aliphatic carbocycles. The first-order valence-electron chi connectivity index (χ1n) is 7.42. The fourth-order valence-electron chi connectivity index (χ4n) is 2.11. The van der Waals surface area contributed by atoms with E-state index >= 15 is 0 Å². The van der Waals surface area contributed by atoms with Crippen LogP contribution in [-0.4, -0.2) is 24.7 Å². The van der Waals surface area contributed by atoms with Gasteiger partial charge in [0.05, 0.1) is 19.4 Å². The lowest BCUT2D eigenvalue weighted by Crippen LogP contribution is -2.09. The third-order valence-electron chi connectivity index (χ3n) is 3.25. The summed E-state index contributed by atoms with van der Waals surface area (Å²) in [6.07, 6.45) is -2.05. The molecule has 25 heavy (non-hydrogen) atoms. The second kappa shape index (κ2) is 7.83. The molecule has 0 unspecified atom stereocenters. The zero-order chi connectivity index (χ0) is 18.4. The summed E-state index contributed by atoms with van der Waals surface area (Å²) in [4.78, 5) is 15.2. The number of carbonyl (C=O) groups is 1. The smallest absolute Gasteiger partial charge is 0.433 e. The molecule has 0 saturated heterocycles. The van der Waals surface area contributed by atoms with Gasteiger partial charge in [-0.2, -0.15) is 13.2 Å². The first-order chi connectivity index (χ1) is 11.8. The van der Waals surface area contributed by atoms with Crippen molar-refractivity contribution in [1.82, 2.24) is 4.98 Å². The average molecular weight is 351 g/mol. The zero-order valence-electron chi connectivity index (χ0n) is 13.6. The number of halogens is 3. The average Bonchev–Trinajstić information content (AvgIpc) is 2.59. The molecule has 0 fully saturated rings. The first-order valence-corrected chi connectivity index (χ1v) is 7.42. The van der Waals surface area contributed by atoms with E-state index in [-0.39, 0.29) is 12.3 Å². The number of methoxy groups -OCH3 is 1. The van der Waals surface area contributed by atoms with Crippen molar-refractivity contribution in [3.05, 3.63) is 53.7 Å². The van der Waals surface area contributed by atoms with E-state index in [9.17, 15) is 18.0 Å². The van der Waals surface area contributed by atoms with Gasteiger partial charge < -0.3 is 9.47 Å². The first kappa shape index (κ1) is 18.5. The molecular weight excluding hydrogens is 335 g/mol. The van der Waals surface area contributed by atoms with E-state index in [2.05, 4.69) is 4.98 Å². The fourth-order valence-corrected chi connectivity index (χ4v) is 2.11. The number of alkyl halides is 3. The number of hydrogen-bond acceptors (Lipinski definition) is 4. The molecule has 0 amide bonds. The maximum atomic E-state index is 13.0. The van der Waals surface area contributed by atoms with Crippen molar-refractivity contribution >= 4 is 12.0 Å². The quantitative estimate of drug-likeness (QED) is 0.593. The van der Waals surface area contributed by atoms with Crippen LogP contribution in [0.5, 0.6) is 5.75 Å². The van der Waals surface area contributed by atoms with Gasteiger partial charge in [-0.25, -0.2) is 9.78 Å². The molecule has 0 aliphatic heterocycles. The lowest BCUT2D eigenvalue weighted by molar-refractivity contribution is -0.141. The van der Waals surface area contributed by atoms with Crippen LogP contribution in [0.1, 0.15) is 18.2 Å². The van der Waals surface area contributed by atoms with Crippen LogP contribution in [0.2, 0.25) is 0 Å². The van der Waals surface area contributed by atoms with Crippen LogP contribution < -0.4 is 4.74 Å². The zero-order valence-corrected chi connectivity index (χ0v) is 13.6. The summed E-state index contributed by atoms with van der Waals surface area (Å²) < 4.78 is 48.9. The van der Waals surface area contributed by atoms with Gasteiger partial charge in [-0.05, 0) is 31.2 Å². The Bertz CT molecular complexity index is 785. The third kappa shape index (κ3) is 4.82. The molecule has 1 heterocycles. The van der Waals surface area contributed by atoms with Crippen LogP contribution in [0.3, 0.4) is 0 Å². The molecular formula is C18H16F3NO3. The molecule has 4 nitrogen and oxygen atoms in total. The molecule has 0 atom stereocenters. The van der Waals surface area contributed by atoms with Crippen molar-refractivity contribution < 1.29 is 27.4 Å². The molecule has 132 valence electrons. The fraction of sp³-hybridized carbons (Fsp3) is 0.222. The summed E-state index contributed by atoms with van der Waals surface area (Å²) in [5, 5.41) is 0. The van der Waals surface area contributed by atoms with Crippen molar-refractivity contribution in [3.63, 3.8) is 0 Å². The highest BCUT2D eigenvalue weighted by atomic mass is 19.4. The summed E-state index contributed by atoms with van der Waals surface area (Å²) in [5.74, 6) is -0.101. The number of aromatic nitrogens is 1. The van der Waals surface area contributed by atoms with E-state index in [4.69, 9.17) is 9.47 Å². The van der Waals surface area contributed by atoms with Crippen molar-refractivity contribution in [2.75, 3.05) is 13.7 Å². The maximum Gasteiger partial charge on any atom is 0.433 e. The Hall–Kier alpha value is -2.83.